The Balaban J connectivity index is 2.04. The summed E-state index contributed by atoms with van der Waals surface area (Å²) in [7, 11) is 0. The van der Waals surface area contributed by atoms with Crippen LogP contribution in [-0.2, 0) is 11.3 Å². The van der Waals surface area contributed by atoms with Crippen LogP contribution in [0.3, 0.4) is 0 Å². The molecule has 4 heteroatoms. The lowest BCUT2D eigenvalue weighted by molar-refractivity contribution is 0.0566. The van der Waals surface area contributed by atoms with Gasteiger partial charge in [-0.1, -0.05) is 69.5 Å². The van der Waals surface area contributed by atoms with Gasteiger partial charge in [0.1, 0.15) is 0 Å². The average Bonchev–Trinajstić information content (AvgIpc) is 2.43. The van der Waals surface area contributed by atoms with E-state index in [1.54, 1.807) is 0 Å². The zero-order valence-corrected chi connectivity index (χ0v) is 13.3. The number of hydrogen-bond donors (Lipinski definition) is 0. The van der Waals surface area contributed by atoms with E-state index in [0.717, 1.165) is 21.2 Å². The molecule has 0 aliphatic rings. The third-order valence-corrected chi connectivity index (χ3v) is 3.94. The standard InChI is InChI=1S/C15H13BrCl2O/c16-9-15(13-3-1-2-4-14(13)18)19-10-11-5-7-12(17)8-6-11/h1-8,15H,9-10H2. The van der Waals surface area contributed by atoms with Gasteiger partial charge in [-0.2, -0.15) is 0 Å². The van der Waals surface area contributed by atoms with Crippen molar-refractivity contribution in [1.82, 2.24) is 0 Å². The van der Waals surface area contributed by atoms with E-state index in [4.69, 9.17) is 27.9 Å². The summed E-state index contributed by atoms with van der Waals surface area (Å²) in [6, 6.07) is 15.4. The Labute approximate surface area is 131 Å². The fourth-order valence-electron chi connectivity index (χ4n) is 1.73. The number of rotatable bonds is 5. The molecule has 2 aromatic carbocycles. The molecule has 0 aliphatic heterocycles. The van der Waals surface area contributed by atoms with Crippen molar-refractivity contribution in [3.05, 3.63) is 69.7 Å². The van der Waals surface area contributed by atoms with E-state index in [1.165, 1.54) is 0 Å². The molecule has 19 heavy (non-hydrogen) atoms. The summed E-state index contributed by atoms with van der Waals surface area (Å²) in [5.74, 6) is 0. The van der Waals surface area contributed by atoms with Crippen LogP contribution in [0.5, 0.6) is 0 Å². The highest BCUT2D eigenvalue weighted by Gasteiger charge is 2.13. The second-order valence-electron chi connectivity index (χ2n) is 4.10. The first-order valence-corrected chi connectivity index (χ1v) is 7.75. The molecule has 0 fully saturated rings. The summed E-state index contributed by atoms with van der Waals surface area (Å²) in [5.41, 5.74) is 2.08. The largest absolute Gasteiger partial charge is 0.368 e. The lowest BCUT2D eigenvalue weighted by Crippen LogP contribution is -2.06. The lowest BCUT2D eigenvalue weighted by Gasteiger charge is -2.17. The van der Waals surface area contributed by atoms with Crippen molar-refractivity contribution in [3.63, 3.8) is 0 Å². The molecule has 0 saturated heterocycles. The zero-order chi connectivity index (χ0) is 13.7. The van der Waals surface area contributed by atoms with Gasteiger partial charge in [-0.25, -0.2) is 0 Å². The normalized spacial score (nSPS) is 12.4. The highest BCUT2D eigenvalue weighted by molar-refractivity contribution is 9.09. The number of alkyl halides is 1. The summed E-state index contributed by atoms with van der Waals surface area (Å²) in [5, 5.41) is 2.15. The summed E-state index contributed by atoms with van der Waals surface area (Å²) < 4.78 is 5.91. The molecule has 1 unspecified atom stereocenters. The van der Waals surface area contributed by atoms with Crippen molar-refractivity contribution in [2.24, 2.45) is 0 Å². The highest BCUT2D eigenvalue weighted by atomic mass is 79.9. The van der Waals surface area contributed by atoms with Gasteiger partial charge in [0.15, 0.2) is 0 Å². The van der Waals surface area contributed by atoms with Crippen molar-refractivity contribution in [2.75, 3.05) is 5.33 Å². The lowest BCUT2D eigenvalue weighted by atomic mass is 10.1. The Morgan fingerprint density at radius 2 is 1.68 bits per heavy atom. The molecule has 0 bridgehead atoms. The second kappa shape index (κ2) is 7.30. The van der Waals surface area contributed by atoms with E-state index in [-0.39, 0.29) is 6.10 Å². The second-order valence-corrected chi connectivity index (χ2v) is 5.59. The molecule has 0 heterocycles. The fourth-order valence-corrected chi connectivity index (χ4v) is 2.65. The summed E-state index contributed by atoms with van der Waals surface area (Å²) in [6.45, 7) is 0.526. The maximum absolute atomic E-state index is 6.18. The van der Waals surface area contributed by atoms with Crippen LogP contribution >= 0.6 is 39.1 Å². The molecular formula is C15H13BrCl2O. The number of hydrogen-bond acceptors (Lipinski definition) is 1. The van der Waals surface area contributed by atoms with Gasteiger partial charge in [0.2, 0.25) is 0 Å². The monoisotopic (exact) mass is 358 g/mol. The third kappa shape index (κ3) is 4.22. The van der Waals surface area contributed by atoms with E-state index in [0.29, 0.717) is 11.9 Å². The van der Waals surface area contributed by atoms with Crippen LogP contribution in [-0.4, -0.2) is 5.33 Å². The minimum atomic E-state index is -0.0654. The number of ether oxygens (including phenoxy) is 1. The summed E-state index contributed by atoms with van der Waals surface area (Å²) >= 11 is 15.5. The first-order chi connectivity index (χ1) is 9.20. The number of halogens is 3. The first kappa shape index (κ1) is 14.9. The molecule has 1 atom stereocenters. The molecule has 0 N–H and O–H groups in total. The molecule has 100 valence electrons. The van der Waals surface area contributed by atoms with Gasteiger partial charge in [-0.3, -0.25) is 0 Å². The van der Waals surface area contributed by atoms with E-state index in [2.05, 4.69) is 15.9 Å². The molecule has 0 radical (unpaired) electrons. The Hall–Kier alpha value is -0.540. The SMILES string of the molecule is Clc1ccc(COC(CBr)c2ccccc2Cl)cc1. The highest BCUT2D eigenvalue weighted by Crippen LogP contribution is 2.27. The first-order valence-electron chi connectivity index (χ1n) is 5.87. The van der Waals surface area contributed by atoms with Gasteiger partial charge < -0.3 is 4.74 Å². The van der Waals surface area contributed by atoms with Gasteiger partial charge >= 0.3 is 0 Å². The molecule has 0 spiro atoms. The molecule has 1 nitrogen and oxygen atoms in total. The quantitative estimate of drug-likeness (QED) is 0.627. The van der Waals surface area contributed by atoms with Crippen LogP contribution in [0.2, 0.25) is 10.0 Å². The van der Waals surface area contributed by atoms with Crippen molar-refractivity contribution in [3.8, 4) is 0 Å². The predicted octanol–water partition coefficient (Wildman–Crippen LogP) is 5.65. The summed E-state index contributed by atoms with van der Waals surface area (Å²) in [4.78, 5) is 0. The van der Waals surface area contributed by atoms with Gasteiger partial charge in [0.25, 0.3) is 0 Å². The molecule has 2 aromatic rings. The smallest absolute Gasteiger partial charge is 0.0940 e. The topological polar surface area (TPSA) is 9.23 Å². The Kier molecular flexibility index (Phi) is 5.71. The van der Waals surface area contributed by atoms with E-state index < -0.39 is 0 Å². The zero-order valence-electron chi connectivity index (χ0n) is 10.2. The molecular weight excluding hydrogens is 347 g/mol. The fraction of sp³-hybridized carbons (Fsp3) is 0.200. The van der Waals surface area contributed by atoms with Gasteiger partial charge in [0.05, 0.1) is 12.7 Å². The van der Waals surface area contributed by atoms with Gasteiger partial charge in [0, 0.05) is 20.9 Å². The van der Waals surface area contributed by atoms with E-state index >= 15 is 0 Å². The van der Waals surface area contributed by atoms with Crippen LogP contribution in [0.15, 0.2) is 48.5 Å². The van der Waals surface area contributed by atoms with Crippen LogP contribution in [0.1, 0.15) is 17.2 Å². The minimum absolute atomic E-state index is 0.0654. The van der Waals surface area contributed by atoms with E-state index in [1.807, 2.05) is 48.5 Å². The Bertz CT molecular complexity index is 528. The van der Waals surface area contributed by atoms with E-state index in [9.17, 15) is 0 Å². The minimum Gasteiger partial charge on any atom is -0.368 e. The third-order valence-electron chi connectivity index (χ3n) is 2.76. The molecule has 0 amide bonds. The van der Waals surface area contributed by atoms with Crippen LogP contribution < -0.4 is 0 Å². The maximum Gasteiger partial charge on any atom is 0.0940 e. The predicted molar refractivity (Wildman–Crippen MR) is 84.2 cm³/mol. The molecule has 0 aliphatic carbocycles. The Morgan fingerprint density at radius 3 is 2.32 bits per heavy atom. The molecule has 2 rings (SSSR count). The Morgan fingerprint density at radius 1 is 1.00 bits per heavy atom. The van der Waals surface area contributed by atoms with Crippen LogP contribution in [0, 0.1) is 0 Å². The van der Waals surface area contributed by atoms with Gasteiger partial charge in [-0.15, -0.1) is 0 Å². The summed E-state index contributed by atoms with van der Waals surface area (Å²) in [6.07, 6.45) is -0.0654. The molecule has 0 aromatic heterocycles. The number of benzene rings is 2. The van der Waals surface area contributed by atoms with Gasteiger partial charge in [-0.05, 0) is 23.8 Å². The maximum atomic E-state index is 6.18. The van der Waals surface area contributed by atoms with Crippen LogP contribution in [0.25, 0.3) is 0 Å². The van der Waals surface area contributed by atoms with Crippen molar-refractivity contribution in [1.29, 1.82) is 0 Å². The van der Waals surface area contributed by atoms with Crippen molar-refractivity contribution < 1.29 is 4.74 Å². The molecule has 0 saturated carbocycles. The van der Waals surface area contributed by atoms with Crippen molar-refractivity contribution in [2.45, 2.75) is 12.7 Å². The average molecular weight is 360 g/mol. The van der Waals surface area contributed by atoms with Crippen LogP contribution in [0.4, 0.5) is 0 Å². The van der Waals surface area contributed by atoms with Crippen molar-refractivity contribution >= 4 is 39.1 Å².